The van der Waals surface area contributed by atoms with Gasteiger partial charge in [-0.15, -0.1) is 0 Å². The van der Waals surface area contributed by atoms with Crippen molar-refractivity contribution in [2.24, 2.45) is 0 Å². The summed E-state index contributed by atoms with van der Waals surface area (Å²) in [6.07, 6.45) is 4.86. The van der Waals surface area contributed by atoms with Gasteiger partial charge in [-0.2, -0.15) is 0 Å². The Morgan fingerprint density at radius 1 is 1.24 bits per heavy atom. The third-order valence-corrected chi connectivity index (χ3v) is 4.08. The van der Waals surface area contributed by atoms with Crippen LogP contribution in [0.15, 0.2) is 28.8 Å². The molecule has 1 aromatic heterocycles. The van der Waals surface area contributed by atoms with E-state index in [1.807, 2.05) is 6.92 Å². The van der Waals surface area contributed by atoms with Crippen LogP contribution in [0.2, 0.25) is 0 Å². The van der Waals surface area contributed by atoms with Crippen LogP contribution in [0.3, 0.4) is 0 Å². The van der Waals surface area contributed by atoms with Gasteiger partial charge in [0.05, 0.1) is 6.04 Å². The number of aryl methyl sites for hydroxylation is 3. The van der Waals surface area contributed by atoms with Crippen LogP contribution in [0.5, 0.6) is 0 Å². The van der Waals surface area contributed by atoms with Gasteiger partial charge in [0.2, 0.25) is 0 Å². The van der Waals surface area contributed by atoms with E-state index >= 15 is 0 Å². The van der Waals surface area contributed by atoms with E-state index in [1.165, 1.54) is 30.4 Å². The molecule has 0 saturated heterocycles. The quantitative estimate of drug-likeness (QED) is 0.940. The van der Waals surface area contributed by atoms with Crippen LogP contribution >= 0.6 is 0 Å². The highest BCUT2D eigenvalue weighted by atomic mass is 16.5. The molecule has 21 heavy (non-hydrogen) atoms. The van der Waals surface area contributed by atoms with Crippen molar-refractivity contribution >= 4 is 5.91 Å². The Morgan fingerprint density at radius 2 is 2.00 bits per heavy atom. The lowest BCUT2D eigenvalue weighted by Gasteiger charge is -2.19. The summed E-state index contributed by atoms with van der Waals surface area (Å²) in [4.78, 5) is 12.1. The molecule has 1 aliphatic rings. The van der Waals surface area contributed by atoms with Crippen LogP contribution in [0, 0.1) is 6.92 Å². The van der Waals surface area contributed by atoms with Crippen LogP contribution in [0.1, 0.15) is 58.7 Å². The summed E-state index contributed by atoms with van der Waals surface area (Å²) in [6, 6.07) is 8.15. The topological polar surface area (TPSA) is 55.1 Å². The molecular weight excluding hydrogens is 264 g/mol. The molecule has 4 nitrogen and oxygen atoms in total. The Hall–Kier alpha value is -2.10. The summed E-state index contributed by atoms with van der Waals surface area (Å²) in [7, 11) is 0. The van der Waals surface area contributed by atoms with Crippen LogP contribution < -0.4 is 5.32 Å². The van der Waals surface area contributed by atoms with Gasteiger partial charge < -0.3 is 9.84 Å². The maximum atomic E-state index is 12.1. The first-order valence-electron chi connectivity index (χ1n) is 7.49. The molecule has 1 unspecified atom stereocenters. The van der Waals surface area contributed by atoms with Gasteiger partial charge in [0.1, 0.15) is 5.76 Å². The van der Waals surface area contributed by atoms with Crippen molar-refractivity contribution in [1.29, 1.82) is 0 Å². The molecule has 2 aromatic rings. The third-order valence-electron chi connectivity index (χ3n) is 4.08. The summed E-state index contributed by atoms with van der Waals surface area (Å²) in [5.74, 6) is 0.443. The Labute approximate surface area is 124 Å². The van der Waals surface area contributed by atoms with E-state index in [9.17, 15) is 4.79 Å². The molecule has 1 heterocycles. The molecule has 110 valence electrons. The fraction of sp³-hybridized carbons (Fsp3) is 0.412. The first-order chi connectivity index (χ1) is 10.1. The number of hydrogen-bond acceptors (Lipinski definition) is 3. The first kappa shape index (κ1) is 13.9. The zero-order chi connectivity index (χ0) is 14.8. The molecule has 1 aliphatic carbocycles. The second kappa shape index (κ2) is 5.72. The average Bonchev–Trinajstić information content (AvgIpc) is 2.93. The minimum atomic E-state index is -0.197. The molecule has 0 saturated carbocycles. The highest BCUT2D eigenvalue weighted by molar-refractivity contribution is 5.92. The SMILES string of the molecule is Cc1cc(C(=O)NC(C)c2ccc3c(c2)CCCC3)no1. The smallest absolute Gasteiger partial charge is 0.273 e. The molecule has 3 rings (SSSR count). The van der Waals surface area contributed by atoms with Crippen molar-refractivity contribution in [2.75, 3.05) is 0 Å². The van der Waals surface area contributed by atoms with Gasteiger partial charge in [0.15, 0.2) is 5.69 Å². The van der Waals surface area contributed by atoms with E-state index in [1.54, 1.807) is 13.0 Å². The number of nitrogens with one attached hydrogen (secondary N) is 1. The van der Waals surface area contributed by atoms with Crippen LogP contribution in [-0.2, 0) is 12.8 Å². The zero-order valence-corrected chi connectivity index (χ0v) is 12.5. The molecular formula is C17H20N2O2. The van der Waals surface area contributed by atoms with E-state index in [0.29, 0.717) is 11.5 Å². The molecule has 0 bridgehead atoms. The van der Waals surface area contributed by atoms with E-state index < -0.39 is 0 Å². The lowest BCUT2D eigenvalue weighted by Crippen LogP contribution is -2.27. The molecule has 4 heteroatoms. The van der Waals surface area contributed by atoms with Gasteiger partial charge in [-0.3, -0.25) is 4.79 Å². The van der Waals surface area contributed by atoms with Crippen molar-refractivity contribution in [3.05, 3.63) is 52.4 Å². The Bertz CT molecular complexity index is 661. The number of fused-ring (bicyclic) bond motifs is 1. The van der Waals surface area contributed by atoms with Crippen molar-refractivity contribution in [3.8, 4) is 0 Å². The Kier molecular flexibility index (Phi) is 3.78. The Balaban J connectivity index is 1.73. The highest BCUT2D eigenvalue weighted by Crippen LogP contribution is 2.24. The van der Waals surface area contributed by atoms with Crippen LogP contribution in [0.4, 0.5) is 0 Å². The number of carbonyl (C=O) groups is 1. The zero-order valence-electron chi connectivity index (χ0n) is 12.5. The van der Waals surface area contributed by atoms with E-state index in [2.05, 4.69) is 28.7 Å². The minimum Gasteiger partial charge on any atom is -0.361 e. The van der Waals surface area contributed by atoms with Crippen molar-refractivity contribution < 1.29 is 9.32 Å². The second-order valence-corrected chi connectivity index (χ2v) is 5.75. The highest BCUT2D eigenvalue weighted by Gasteiger charge is 2.16. The standard InChI is InChI=1S/C17H20N2O2/c1-11-9-16(19-21-11)17(20)18-12(2)14-8-7-13-5-3-4-6-15(13)10-14/h7-10,12H,3-6H2,1-2H3,(H,18,20). The number of aromatic nitrogens is 1. The van der Waals surface area contributed by atoms with E-state index in [0.717, 1.165) is 12.0 Å². The summed E-state index contributed by atoms with van der Waals surface area (Å²) in [5, 5.41) is 6.72. The predicted molar refractivity (Wildman–Crippen MR) is 80.2 cm³/mol. The van der Waals surface area contributed by atoms with Gasteiger partial charge in [-0.1, -0.05) is 23.4 Å². The van der Waals surface area contributed by atoms with Gasteiger partial charge >= 0.3 is 0 Å². The number of rotatable bonds is 3. The largest absolute Gasteiger partial charge is 0.361 e. The molecule has 0 aliphatic heterocycles. The maximum absolute atomic E-state index is 12.1. The van der Waals surface area contributed by atoms with Gasteiger partial charge in [0, 0.05) is 6.07 Å². The maximum Gasteiger partial charge on any atom is 0.273 e. The fourth-order valence-corrected chi connectivity index (χ4v) is 2.85. The molecule has 0 fully saturated rings. The summed E-state index contributed by atoms with van der Waals surface area (Å²) >= 11 is 0. The lowest BCUT2D eigenvalue weighted by atomic mass is 9.89. The molecule has 1 N–H and O–H groups in total. The average molecular weight is 284 g/mol. The molecule has 0 spiro atoms. The number of benzene rings is 1. The van der Waals surface area contributed by atoms with Crippen molar-refractivity contribution in [3.63, 3.8) is 0 Å². The van der Waals surface area contributed by atoms with Crippen molar-refractivity contribution in [2.45, 2.75) is 45.6 Å². The number of hydrogen-bond donors (Lipinski definition) is 1. The number of nitrogens with zero attached hydrogens (tertiary/aromatic N) is 1. The molecule has 1 atom stereocenters. The second-order valence-electron chi connectivity index (χ2n) is 5.75. The van der Waals surface area contributed by atoms with Gasteiger partial charge in [-0.25, -0.2) is 0 Å². The summed E-state index contributed by atoms with van der Waals surface area (Å²) in [5.41, 5.74) is 4.36. The number of carbonyl (C=O) groups excluding carboxylic acids is 1. The van der Waals surface area contributed by atoms with Crippen LogP contribution in [0.25, 0.3) is 0 Å². The predicted octanol–water partition coefficient (Wildman–Crippen LogP) is 3.35. The fourth-order valence-electron chi connectivity index (χ4n) is 2.85. The van der Waals surface area contributed by atoms with Crippen molar-refractivity contribution in [1.82, 2.24) is 10.5 Å². The summed E-state index contributed by atoms with van der Waals surface area (Å²) in [6.45, 7) is 3.77. The molecule has 1 aromatic carbocycles. The normalized spacial score (nSPS) is 15.3. The number of amides is 1. The first-order valence-corrected chi connectivity index (χ1v) is 7.49. The molecule has 0 radical (unpaired) electrons. The van der Waals surface area contributed by atoms with Gasteiger partial charge in [0.25, 0.3) is 5.91 Å². The van der Waals surface area contributed by atoms with E-state index in [4.69, 9.17) is 4.52 Å². The Morgan fingerprint density at radius 3 is 2.71 bits per heavy atom. The van der Waals surface area contributed by atoms with Crippen LogP contribution in [-0.4, -0.2) is 11.1 Å². The summed E-state index contributed by atoms with van der Waals surface area (Å²) < 4.78 is 4.94. The minimum absolute atomic E-state index is 0.0401. The monoisotopic (exact) mass is 284 g/mol. The third kappa shape index (κ3) is 2.99. The van der Waals surface area contributed by atoms with Gasteiger partial charge in [-0.05, 0) is 56.2 Å². The lowest BCUT2D eigenvalue weighted by molar-refractivity contribution is 0.0930. The van der Waals surface area contributed by atoms with E-state index in [-0.39, 0.29) is 11.9 Å². The molecule has 1 amide bonds.